The van der Waals surface area contributed by atoms with Crippen LogP contribution in [-0.4, -0.2) is 36.0 Å². The summed E-state index contributed by atoms with van der Waals surface area (Å²) in [5.41, 5.74) is 0.737. The lowest BCUT2D eigenvalue weighted by atomic mass is 9.88. The average Bonchev–Trinajstić information content (AvgIpc) is 2.55. The number of hydrogen-bond donors (Lipinski definition) is 2. The van der Waals surface area contributed by atoms with Crippen molar-refractivity contribution in [1.82, 2.24) is 5.32 Å². The Morgan fingerprint density at radius 1 is 1.44 bits per heavy atom. The number of rotatable bonds is 5. The number of carbonyl (C=O) groups excluding carboxylic acids is 2. The van der Waals surface area contributed by atoms with Crippen molar-refractivity contribution in [1.29, 1.82) is 0 Å². The molecule has 25 heavy (non-hydrogen) atoms. The third kappa shape index (κ3) is 3.90. The van der Waals surface area contributed by atoms with Gasteiger partial charge in [0.2, 0.25) is 0 Å². The summed E-state index contributed by atoms with van der Waals surface area (Å²) in [5, 5.41) is 12.9. The van der Waals surface area contributed by atoms with Crippen LogP contribution in [0.15, 0.2) is 15.5 Å². The first-order chi connectivity index (χ1) is 11.8. The van der Waals surface area contributed by atoms with Gasteiger partial charge in [-0.05, 0) is 48.3 Å². The third-order valence-electron chi connectivity index (χ3n) is 3.69. The van der Waals surface area contributed by atoms with E-state index in [1.165, 1.54) is 6.07 Å². The molecule has 0 aliphatic carbocycles. The quantitative estimate of drug-likeness (QED) is 0.691. The van der Waals surface area contributed by atoms with Gasteiger partial charge in [-0.15, -0.1) is 0 Å². The topological polar surface area (TPSA) is 97.2 Å². The Bertz CT molecular complexity index is 738. The van der Waals surface area contributed by atoms with E-state index in [9.17, 15) is 14.7 Å². The first-order valence-electron chi connectivity index (χ1n) is 7.67. The Kier molecular flexibility index (Phi) is 6.29. The number of nitrogens with one attached hydrogen (secondary N) is 1. The summed E-state index contributed by atoms with van der Waals surface area (Å²) in [6.45, 7) is 5.56. The van der Waals surface area contributed by atoms with Crippen molar-refractivity contribution in [3.63, 3.8) is 0 Å². The zero-order chi connectivity index (χ0) is 18.7. The Morgan fingerprint density at radius 3 is 2.72 bits per heavy atom. The Labute approximate surface area is 158 Å². The molecule has 2 atom stereocenters. The first kappa shape index (κ1) is 19.5. The summed E-state index contributed by atoms with van der Waals surface area (Å²) in [7, 11) is 0. The van der Waals surface area contributed by atoms with Crippen molar-refractivity contribution in [3.8, 4) is 11.5 Å². The highest BCUT2D eigenvalue weighted by molar-refractivity contribution is 9.10. The molecule has 2 N–H and O–H groups in total. The molecule has 0 aromatic heterocycles. The Balaban J connectivity index is 2.58. The molecule has 136 valence electrons. The molecule has 1 aromatic rings. The average molecular weight is 434 g/mol. The van der Waals surface area contributed by atoms with Crippen LogP contribution < -0.4 is 10.1 Å². The van der Waals surface area contributed by atoms with Crippen LogP contribution >= 0.6 is 27.5 Å². The minimum atomic E-state index is -0.832. The number of hydrogen-bond acceptors (Lipinski definition) is 5. The smallest absolute Gasteiger partial charge is 0.341 e. The molecular formula is C16H18BrClN2O5. The fourth-order valence-corrected chi connectivity index (χ4v) is 3.31. The molecule has 2 rings (SSSR count). The minimum absolute atomic E-state index is 0.157. The van der Waals surface area contributed by atoms with Crippen molar-refractivity contribution < 1.29 is 24.2 Å². The SMILES string of the molecule is CCOC(=O)C1C(C)=NC(=O)NC1c1cc(OCC)c(O)c(Br)c1Cl. The van der Waals surface area contributed by atoms with Gasteiger partial charge in [0, 0.05) is 5.71 Å². The highest BCUT2D eigenvalue weighted by Crippen LogP contribution is 2.45. The summed E-state index contributed by atoms with van der Waals surface area (Å²) in [5.74, 6) is -1.32. The van der Waals surface area contributed by atoms with Gasteiger partial charge in [0.15, 0.2) is 11.5 Å². The van der Waals surface area contributed by atoms with E-state index in [2.05, 4.69) is 26.2 Å². The molecule has 0 fully saturated rings. The highest BCUT2D eigenvalue weighted by Gasteiger charge is 2.39. The number of phenolic OH excluding ortho intramolecular Hbond substituents is 1. The maximum atomic E-state index is 12.4. The summed E-state index contributed by atoms with van der Waals surface area (Å²) < 4.78 is 10.7. The van der Waals surface area contributed by atoms with E-state index in [0.717, 1.165) is 0 Å². The molecule has 0 radical (unpaired) electrons. The van der Waals surface area contributed by atoms with Gasteiger partial charge in [-0.2, -0.15) is 0 Å². The summed E-state index contributed by atoms with van der Waals surface area (Å²) in [6.07, 6.45) is 0. The standard InChI is InChI=1S/C16H18BrClN2O5/c1-4-24-9-6-8(12(18)11(17)14(9)21)13-10(15(22)25-5-2)7(3)19-16(23)20-13/h6,10,13,21H,4-5H2,1-3H3,(H,20,23). The monoisotopic (exact) mass is 432 g/mol. The number of aliphatic imine (C=N–C) groups is 1. The highest BCUT2D eigenvalue weighted by atomic mass is 79.9. The van der Waals surface area contributed by atoms with Gasteiger partial charge in [0.1, 0.15) is 5.92 Å². The Morgan fingerprint density at radius 2 is 2.12 bits per heavy atom. The van der Waals surface area contributed by atoms with Gasteiger partial charge in [0.05, 0.1) is 28.8 Å². The van der Waals surface area contributed by atoms with Crippen LogP contribution in [0.2, 0.25) is 5.02 Å². The van der Waals surface area contributed by atoms with Crippen LogP contribution in [0.3, 0.4) is 0 Å². The van der Waals surface area contributed by atoms with E-state index in [4.69, 9.17) is 21.1 Å². The van der Waals surface area contributed by atoms with E-state index in [-0.39, 0.29) is 27.6 Å². The minimum Gasteiger partial charge on any atom is -0.503 e. The maximum absolute atomic E-state index is 12.4. The van der Waals surface area contributed by atoms with Crippen LogP contribution in [0.25, 0.3) is 0 Å². The number of esters is 1. The van der Waals surface area contributed by atoms with Crippen LogP contribution in [0.5, 0.6) is 11.5 Å². The molecule has 0 saturated heterocycles. The number of amides is 2. The fourth-order valence-electron chi connectivity index (χ4n) is 2.62. The van der Waals surface area contributed by atoms with Crippen molar-refractivity contribution in [2.24, 2.45) is 10.9 Å². The van der Waals surface area contributed by atoms with E-state index in [1.807, 2.05) is 0 Å². The molecule has 0 saturated carbocycles. The number of halogens is 2. The molecule has 1 aliphatic heterocycles. The second-order valence-corrected chi connectivity index (χ2v) is 6.45. The predicted molar refractivity (Wildman–Crippen MR) is 96.5 cm³/mol. The molecule has 7 nitrogen and oxygen atoms in total. The van der Waals surface area contributed by atoms with E-state index >= 15 is 0 Å². The lowest BCUT2D eigenvalue weighted by Gasteiger charge is -2.30. The van der Waals surface area contributed by atoms with E-state index < -0.39 is 24.0 Å². The third-order valence-corrected chi connectivity index (χ3v) is 5.10. The molecular weight excluding hydrogens is 416 g/mol. The van der Waals surface area contributed by atoms with Crippen molar-refractivity contribution in [2.45, 2.75) is 26.8 Å². The van der Waals surface area contributed by atoms with Crippen molar-refractivity contribution in [2.75, 3.05) is 13.2 Å². The zero-order valence-corrected chi connectivity index (χ0v) is 16.3. The Hall–Kier alpha value is -1.80. The number of ether oxygens (including phenoxy) is 2. The van der Waals surface area contributed by atoms with Gasteiger partial charge in [-0.25, -0.2) is 9.79 Å². The number of urea groups is 1. The lowest BCUT2D eigenvalue weighted by molar-refractivity contribution is -0.146. The largest absolute Gasteiger partial charge is 0.503 e. The molecule has 1 aliphatic rings. The number of benzene rings is 1. The molecule has 0 bridgehead atoms. The van der Waals surface area contributed by atoms with Crippen LogP contribution in [0, 0.1) is 5.92 Å². The predicted octanol–water partition coefficient (Wildman–Crippen LogP) is 3.61. The summed E-state index contributed by atoms with van der Waals surface area (Å²) >= 11 is 9.56. The van der Waals surface area contributed by atoms with E-state index in [1.54, 1.807) is 20.8 Å². The molecule has 2 unspecified atom stereocenters. The fraction of sp³-hybridized carbons (Fsp3) is 0.438. The number of phenols is 1. The van der Waals surface area contributed by atoms with Gasteiger partial charge in [-0.1, -0.05) is 11.6 Å². The molecule has 9 heteroatoms. The second kappa shape index (κ2) is 8.05. The van der Waals surface area contributed by atoms with Gasteiger partial charge in [-0.3, -0.25) is 4.79 Å². The van der Waals surface area contributed by atoms with Crippen molar-refractivity contribution in [3.05, 3.63) is 21.1 Å². The van der Waals surface area contributed by atoms with Crippen molar-refractivity contribution >= 4 is 45.2 Å². The number of nitrogens with zero attached hydrogens (tertiary/aromatic N) is 1. The van der Waals surface area contributed by atoms with E-state index in [0.29, 0.717) is 17.9 Å². The van der Waals surface area contributed by atoms with Crippen LogP contribution in [0.1, 0.15) is 32.4 Å². The van der Waals surface area contributed by atoms with Crippen LogP contribution in [0.4, 0.5) is 4.79 Å². The van der Waals surface area contributed by atoms with Gasteiger partial charge < -0.3 is 19.9 Å². The maximum Gasteiger partial charge on any atom is 0.341 e. The summed E-state index contributed by atoms with van der Waals surface area (Å²) in [6, 6.07) is 0.121. The second-order valence-electron chi connectivity index (χ2n) is 5.28. The van der Waals surface area contributed by atoms with Gasteiger partial charge in [0.25, 0.3) is 0 Å². The molecule has 1 aromatic carbocycles. The zero-order valence-electron chi connectivity index (χ0n) is 13.9. The van der Waals surface area contributed by atoms with Crippen LogP contribution in [-0.2, 0) is 9.53 Å². The first-order valence-corrected chi connectivity index (χ1v) is 8.84. The number of carbonyl (C=O) groups is 2. The van der Waals surface area contributed by atoms with Gasteiger partial charge >= 0.3 is 12.0 Å². The molecule has 0 spiro atoms. The molecule has 2 amide bonds. The number of aromatic hydroxyl groups is 1. The molecule has 1 heterocycles. The summed E-state index contributed by atoms with van der Waals surface area (Å²) in [4.78, 5) is 28.1. The normalized spacial score (nSPS) is 19.9. The lowest BCUT2D eigenvalue weighted by Crippen LogP contribution is -2.44.